The average Bonchev–Trinajstić information content (AvgIpc) is 1.59. The summed E-state index contributed by atoms with van der Waals surface area (Å²) in [7, 11) is 1.43. The highest BCUT2D eigenvalue weighted by Gasteiger charge is 2.61. The molecule has 5 heterocycles. The largest absolute Gasteiger partial charge is 0.508 e. The Balaban J connectivity index is 0.618. The van der Waals surface area contributed by atoms with Gasteiger partial charge < -0.3 is 58.9 Å². The molecule has 95 heavy (non-hydrogen) atoms. The van der Waals surface area contributed by atoms with Gasteiger partial charge in [-0.1, -0.05) is 99.1 Å². The minimum absolute atomic E-state index is 0.00715. The van der Waals surface area contributed by atoms with Crippen LogP contribution in [-0.2, 0) is 53.3 Å². The second-order valence-electron chi connectivity index (χ2n) is 25.9. The van der Waals surface area contributed by atoms with Crippen LogP contribution in [0.25, 0.3) is 10.8 Å². The molecule has 19 nitrogen and oxygen atoms in total. The Hall–Kier alpha value is -7.52. The predicted octanol–water partition coefficient (Wildman–Crippen LogP) is 10.2. The molecular formula is C72H85Cl2F2N9O10. The number of phenolic OH excluding ortho intramolecular Hbond substituents is 1. The molecule has 3 N–H and O–H groups in total. The molecule has 5 atom stereocenters. The number of carbonyl (C=O) groups is 3. The number of phenols is 1. The van der Waals surface area contributed by atoms with Crippen molar-refractivity contribution in [1.82, 2.24) is 30.4 Å². The lowest BCUT2D eigenvalue weighted by atomic mass is 9.62. The van der Waals surface area contributed by atoms with E-state index in [1.54, 1.807) is 18.2 Å². The number of rotatable bonds is 28. The molecule has 5 aromatic carbocycles. The van der Waals surface area contributed by atoms with E-state index in [9.17, 15) is 24.8 Å². The molecule has 3 saturated heterocycles. The summed E-state index contributed by atoms with van der Waals surface area (Å²) in [6.07, 6.45) is 3.86. The Labute approximate surface area is 564 Å². The van der Waals surface area contributed by atoms with Gasteiger partial charge in [-0.3, -0.25) is 19.3 Å². The molecule has 1 unspecified atom stereocenters. The van der Waals surface area contributed by atoms with Gasteiger partial charge in [0.05, 0.1) is 88.8 Å². The number of Topliss-reactive ketones (excluding diaryl/α,β-unsaturated/α-hetero) is 1. The summed E-state index contributed by atoms with van der Waals surface area (Å²) in [5.41, 5.74) is 1.43. The van der Waals surface area contributed by atoms with Gasteiger partial charge in [-0.05, 0) is 91.4 Å². The average molecular weight is 1350 g/mol. The summed E-state index contributed by atoms with van der Waals surface area (Å²) in [6.45, 7) is 20.5. The Morgan fingerprint density at radius 1 is 0.874 bits per heavy atom. The summed E-state index contributed by atoms with van der Waals surface area (Å²) in [6, 6.07) is 25.5. The summed E-state index contributed by atoms with van der Waals surface area (Å²) < 4.78 is 68.0. The Morgan fingerprint density at radius 2 is 1.60 bits per heavy atom. The number of piperidine rings is 1. The number of likely N-dealkylation sites (tertiary alicyclic amines) is 1. The molecule has 2 amide bonds. The van der Waals surface area contributed by atoms with Crippen LogP contribution in [0, 0.1) is 28.4 Å². The number of methoxy groups -OCH3 is 1. The monoisotopic (exact) mass is 1340 g/mol. The van der Waals surface area contributed by atoms with Crippen molar-refractivity contribution in [3.63, 3.8) is 0 Å². The number of benzene rings is 5. The third-order valence-electron chi connectivity index (χ3n) is 18.2. The number of piperazine rings is 1. The normalized spacial score (nSPS) is 19.7. The molecule has 0 spiro atoms. The number of amides is 2. The fourth-order valence-corrected chi connectivity index (χ4v) is 14.0. The van der Waals surface area contributed by atoms with Crippen LogP contribution in [0.1, 0.15) is 91.2 Å². The van der Waals surface area contributed by atoms with Gasteiger partial charge >= 0.3 is 6.01 Å². The molecule has 6 aromatic rings. The highest BCUT2D eigenvalue weighted by molar-refractivity contribution is 6.31. The van der Waals surface area contributed by atoms with Crippen LogP contribution in [0.4, 0.5) is 20.3 Å². The number of carbonyl (C=O) groups excluding carboxylic acids is 3. The topological polar surface area (TPSA) is 213 Å². The molecule has 0 radical (unpaired) electrons. The number of ether oxygens (including phenoxy) is 6. The minimum Gasteiger partial charge on any atom is -0.508 e. The summed E-state index contributed by atoms with van der Waals surface area (Å²) >= 11 is 12.5. The molecule has 23 heteroatoms. The summed E-state index contributed by atoms with van der Waals surface area (Å²) in [5, 5.41) is 30.1. The number of ketones is 1. The second-order valence-corrected chi connectivity index (χ2v) is 26.7. The van der Waals surface area contributed by atoms with E-state index < -0.39 is 46.2 Å². The predicted molar refractivity (Wildman–Crippen MR) is 361 cm³/mol. The number of nitrogens with zero attached hydrogens (tertiary/aromatic N) is 7. The maximum absolute atomic E-state index is 16.2. The number of hydrogen-bond donors (Lipinski definition) is 3. The first-order chi connectivity index (χ1) is 45.8. The number of nitriles is 1. The molecule has 3 fully saturated rings. The maximum atomic E-state index is 16.2. The van der Waals surface area contributed by atoms with Crippen LogP contribution >= 0.6 is 23.2 Å². The van der Waals surface area contributed by atoms with E-state index in [0.717, 1.165) is 72.1 Å². The van der Waals surface area contributed by atoms with Crippen LogP contribution in [0.5, 0.6) is 17.5 Å². The van der Waals surface area contributed by atoms with Gasteiger partial charge in [0.25, 0.3) is 5.91 Å². The third-order valence-corrected chi connectivity index (χ3v) is 18.7. The minimum atomic E-state index is -1.78. The van der Waals surface area contributed by atoms with Crippen molar-refractivity contribution in [2.24, 2.45) is 5.41 Å². The SMILES string of the molecule is C=CC(=O)N1CCN(c2nc(O[C@H](C)CN3CCC(OCCOCCOCCOCCNC(=O)c4ccc(CC(=O)[C@@H]5N[C@@H](CC(C)(C)C)[C@](C#N)(c6ccc(Cl)cc6F)C5c5cccc(Cl)c5F)c(OC)c4)CC3)nc3c2CCN(c2cc(O)cc4ccccc24)C3)CC1. The molecule has 4 aliphatic heterocycles. The van der Waals surface area contributed by atoms with E-state index >= 15 is 8.78 Å². The lowest BCUT2D eigenvalue weighted by Crippen LogP contribution is -2.49. The van der Waals surface area contributed by atoms with E-state index in [1.165, 1.54) is 49.6 Å². The zero-order valence-corrected chi connectivity index (χ0v) is 56.2. The number of anilines is 2. The molecule has 4 aliphatic rings. The van der Waals surface area contributed by atoms with Crippen molar-refractivity contribution < 1.29 is 56.7 Å². The zero-order chi connectivity index (χ0) is 67.4. The molecule has 10 rings (SSSR count). The highest BCUT2D eigenvalue weighted by atomic mass is 35.5. The standard InChI is InChI=1S/C72H85Cl2F2N9O10/c1-7-64(88)83-26-28-84(29-27-83)68-54-21-25-85(60-41-51(86)37-47-11-8-9-12-53(47)60)44-59(54)79-70(81-68)95-46(2)43-82-23-19-52(20-24-82)94-36-35-93-34-33-92-32-31-91-30-22-78-69(89)49-16-15-48(62(39-49)90-6)38-61(87)67-65(55-13-10-14-57(74)66(55)76)72(45-77,63(80-67)42-71(3,4)5)56-18-17-50(73)40-58(56)75/h7-18,37,39-41,46,52,63,65,67,80,86H,1,19-36,38,42-44H2,2-6H3,(H,78,89)/t46-,63+,65?,67+,72+/m1/s1. The number of fused-ring (bicyclic) bond motifs is 2. The van der Waals surface area contributed by atoms with Gasteiger partial charge in [-0.15, -0.1) is 0 Å². The van der Waals surface area contributed by atoms with Crippen LogP contribution < -0.4 is 29.9 Å². The smallest absolute Gasteiger partial charge is 0.318 e. The van der Waals surface area contributed by atoms with Crippen molar-refractivity contribution in [3.05, 3.63) is 159 Å². The molecule has 506 valence electrons. The van der Waals surface area contributed by atoms with Gasteiger partial charge in [-0.2, -0.15) is 15.2 Å². The molecule has 0 bridgehead atoms. The lowest BCUT2D eigenvalue weighted by Gasteiger charge is -2.38. The van der Waals surface area contributed by atoms with Gasteiger partial charge in [0.2, 0.25) is 5.91 Å². The zero-order valence-electron chi connectivity index (χ0n) is 54.7. The van der Waals surface area contributed by atoms with Crippen molar-refractivity contribution in [3.8, 4) is 23.6 Å². The van der Waals surface area contributed by atoms with Crippen molar-refractivity contribution >= 4 is 63.1 Å². The van der Waals surface area contributed by atoms with Crippen LogP contribution in [0.3, 0.4) is 0 Å². The van der Waals surface area contributed by atoms with Crippen LogP contribution in [0.15, 0.2) is 104 Å². The van der Waals surface area contributed by atoms with Crippen LogP contribution in [-0.4, -0.2) is 179 Å². The van der Waals surface area contributed by atoms with E-state index in [4.69, 9.17) is 61.6 Å². The Bertz CT molecular complexity index is 3750. The first kappa shape index (κ1) is 70.3. The molecular weight excluding hydrogens is 1260 g/mol. The lowest BCUT2D eigenvalue weighted by molar-refractivity contribution is -0.126. The molecule has 0 aliphatic carbocycles. The molecule has 0 saturated carbocycles. The van der Waals surface area contributed by atoms with Gasteiger partial charge in [0, 0.05) is 122 Å². The quantitative estimate of drug-likeness (QED) is 0.0308. The van der Waals surface area contributed by atoms with Crippen molar-refractivity contribution in [1.29, 1.82) is 5.26 Å². The first-order valence-corrected chi connectivity index (χ1v) is 33.3. The van der Waals surface area contributed by atoms with Gasteiger partial charge in [-0.25, -0.2) is 8.78 Å². The van der Waals surface area contributed by atoms with E-state index in [1.807, 2.05) is 56.9 Å². The van der Waals surface area contributed by atoms with Crippen molar-refractivity contribution in [2.45, 2.75) is 102 Å². The fourth-order valence-electron chi connectivity index (χ4n) is 13.6. The number of hydrogen-bond acceptors (Lipinski definition) is 17. The number of nitrogens with one attached hydrogen (secondary N) is 2. The Morgan fingerprint density at radius 3 is 2.31 bits per heavy atom. The van der Waals surface area contributed by atoms with E-state index in [0.29, 0.717) is 103 Å². The number of aromatic nitrogens is 2. The summed E-state index contributed by atoms with van der Waals surface area (Å²) in [5.74, 6) is -2.33. The second kappa shape index (κ2) is 32.0. The van der Waals surface area contributed by atoms with Crippen molar-refractivity contribution in [2.75, 3.05) is 122 Å². The molecule has 1 aromatic heterocycles. The van der Waals surface area contributed by atoms with Crippen LogP contribution in [0.2, 0.25) is 10.0 Å². The number of aromatic hydroxyl groups is 1. The van der Waals surface area contributed by atoms with Gasteiger partial charge in [0.15, 0.2) is 5.78 Å². The fraction of sp³-hybridized carbons (Fsp3) is 0.472. The third kappa shape index (κ3) is 17.0. The van der Waals surface area contributed by atoms with E-state index in [-0.39, 0.29) is 81.8 Å². The number of halogens is 4. The highest BCUT2D eigenvalue weighted by Crippen LogP contribution is 2.53. The Kier molecular flexibility index (Phi) is 23.7. The van der Waals surface area contributed by atoms with Gasteiger partial charge in [0.1, 0.15) is 40.5 Å². The van der Waals surface area contributed by atoms with E-state index in [2.05, 4.69) is 44.0 Å². The maximum Gasteiger partial charge on any atom is 0.318 e. The summed E-state index contributed by atoms with van der Waals surface area (Å²) in [4.78, 5) is 59.2. The first-order valence-electron chi connectivity index (χ1n) is 32.6.